The van der Waals surface area contributed by atoms with Crippen LogP contribution in [0.15, 0.2) is 48.5 Å². The van der Waals surface area contributed by atoms with E-state index in [2.05, 4.69) is 40.7 Å². The van der Waals surface area contributed by atoms with Crippen molar-refractivity contribution in [2.45, 2.75) is 58.4 Å². The molecular formula is C24H29N3O2S. The van der Waals surface area contributed by atoms with Crippen molar-refractivity contribution < 1.29 is 9.59 Å². The number of aromatic nitrogens is 1. The first kappa shape index (κ1) is 22.0. The predicted molar refractivity (Wildman–Crippen MR) is 124 cm³/mol. The monoisotopic (exact) mass is 423 g/mol. The molecule has 3 rings (SSSR count). The van der Waals surface area contributed by atoms with Crippen LogP contribution in [0.4, 0.5) is 5.13 Å². The summed E-state index contributed by atoms with van der Waals surface area (Å²) in [6, 6.07) is 16.5. The summed E-state index contributed by atoms with van der Waals surface area (Å²) in [7, 11) is 0. The lowest BCUT2D eigenvalue weighted by Gasteiger charge is -2.14. The van der Waals surface area contributed by atoms with Gasteiger partial charge in [-0.2, -0.15) is 0 Å². The summed E-state index contributed by atoms with van der Waals surface area (Å²) in [4.78, 5) is 28.5. The van der Waals surface area contributed by atoms with Crippen molar-refractivity contribution in [3.63, 3.8) is 0 Å². The fourth-order valence-corrected chi connectivity index (χ4v) is 4.24. The van der Waals surface area contributed by atoms with Crippen LogP contribution in [0.2, 0.25) is 0 Å². The molecule has 6 heteroatoms. The summed E-state index contributed by atoms with van der Waals surface area (Å²) in [6.07, 6.45) is 4.34. The van der Waals surface area contributed by atoms with Gasteiger partial charge in [0, 0.05) is 18.9 Å². The molecule has 0 radical (unpaired) electrons. The van der Waals surface area contributed by atoms with Crippen LogP contribution >= 0.6 is 11.3 Å². The molecule has 0 aliphatic carbocycles. The van der Waals surface area contributed by atoms with Gasteiger partial charge in [-0.25, -0.2) is 4.98 Å². The molecule has 1 aromatic heterocycles. The van der Waals surface area contributed by atoms with Crippen molar-refractivity contribution in [2.24, 2.45) is 0 Å². The summed E-state index contributed by atoms with van der Waals surface area (Å²) in [5.41, 5.74) is 3.26. The number of nitrogens with one attached hydrogen (secondary N) is 2. The third-order valence-corrected chi connectivity index (χ3v) is 5.87. The van der Waals surface area contributed by atoms with Crippen LogP contribution in [-0.4, -0.2) is 22.8 Å². The van der Waals surface area contributed by atoms with E-state index in [0.29, 0.717) is 24.4 Å². The lowest BCUT2D eigenvalue weighted by Crippen LogP contribution is -2.33. The number of rotatable bonds is 10. The normalized spacial score (nSPS) is 11.9. The Morgan fingerprint density at radius 2 is 1.80 bits per heavy atom. The fraction of sp³-hybridized carbons (Fsp3) is 0.375. The quantitative estimate of drug-likeness (QED) is 0.476. The summed E-state index contributed by atoms with van der Waals surface area (Å²) < 4.78 is 1.02. The third-order valence-electron chi connectivity index (χ3n) is 4.93. The van der Waals surface area contributed by atoms with Gasteiger partial charge < -0.3 is 10.6 Å². The number of carbonyl (C=O) groups is 2. The van der Waals surface area contributed by atoms with E-state index in [1.165, 1.54) is 16.9 Å². The van der Waals surface area contributed by atoms with Crippen molar-refractivity contribution in [1.82, 2.24) is 10.3 Å². The van der Waals surface area contributed by atoms with E-state index in [1.807, 2.05) is 37.3 Å². The third kappa shape index (κ3) is 6.66. The van der Waals surface area contributed by atoms with Gasteiger partial charge in [-0.15, -0.1) is 0 Å². The molecule has 2 N–H and O–H groups in total. The van der Waals surface area contributed by atoms with Crippen molar-refractivity contribution in [3.05, 3.63) is 59.7 Å². The van der Waals surface area contributed by atoms with E-state index < -0.39 is 0 Å². The van der Waals surface area contributed by atoms with Crippen LogP contribution in [0.25, 0.3) is 10.2 Å². The van der Waals surface area contributed by atoms with Crippen molar-refractivity contribution >= 4 is 38.5 Å². The molecule has 0 spiro atoms. The first-order valence-corrected chi connectivity index (χ1v) is 11.4. The average molecular weight is 424 g/mol. The van der Waals surface area contributed by atoms with E-state index in [4.69, 9.17) is 0 Å². The highest BCUT2D eigenvalue weighted by molar-refractivity contribution is 7.22. The predicted octanol–water partition coefficient (Wildman–Crippen LogP) is 5.11. The highest BCUT2D eigenvalue weighted by Crippen LogP contribution is 2.27. The van der Waals surface area contributed by atoms with Gasteiger partial charge in [0.05, 0.1) is 10.2 Å². The number of hydrogen-bond donors (Lipinski definition) is 2. The molecule has 3 aromatic rings. The van der Waals surface area contributed by atoms with Crippen LogP contribution in [0.1, 0.15) is 50.7 Å². The van der Waals surface area contributed by atoms with Crippen LogP contribution in [-0.2, 0) is 22.4 Å². The average Bonchev–Trinajstić information content (AvgIpc) is 3.13. The van der Waals surface area contributed by atoms with Crippen LogP contribution in [0, 0.1) is 0 Å². The Morgan fingerprint density at radius 3 is 2.57 bits per heavy atom. The van der Waals surface area contributed by atoms with E-state index in [-0.39, 0.29) is 17.9 Å². The molecule has 1 atom stereocenters. The molecule has 30 heavy (non-hydrogen) atoms. The molecule has 1 unspecified atom stereocenters. The number of amides is 2. The highest BCUT2D eigenvalue weighted by Gasteiger charge is 2.10. The smallest absolute Gasteiger partial charge is 0.226 e. The number of hydrogen-bond acceptors (Lipinski definition) is 4. The van der Waals surface area contributed by atoms with E-state index in [9.17, 15) is 9.59 Å². The van der Waals surface area contributed by atoms with Crippen LogP contribution in [0.5, 0.6) is 0 Å². The lowest BCUT2D eigenvalue weighted by atomic mass is 10.1. The second kappa shape index (κ2) is 10.9. The Balaban J connectivity index is 1.47. The number of benzene rings is 2. The molecular weight excluding hydrogens is 394 g/mol. The van der Waals surface area contributed by atoms with Gasteiger partial charge in [-0.1, -0.05) is 54.7 Å². The minimum Gasteiger partial charge on any atom is -0.354 e. The van der Waals surface area contributed by atoms with Crippen LogP contribution < -0.4 is 10.6 Å². The molecule has 2 amide bonds. The largest absolute Gasteiger partial charge is 0.354 e. The second-order valence-corrected chi connectivity index (χ2v) is 8.64. The molecule has 1 heterocycles. The van der Waals surface area contributed by atoms with Crippen LogP contribution in [0.3, 0.4) is 0 Å². The zero-order valence-electron chi connectivity index (χ0n) is 17.6. The summed E-state index contributed by atoms with van der Waals surface area (Å²) in [5.74, 6) is 0.0716. The maximum Gasteiger partial charge on any atom is 0.226 e. The molecule has 0 fully saturated rings. The number of aryl methyl sites for hydroxylation is 2. The maximum absolute atomic E-state index is 12.3. The van der Waals surface area contributed by atoms with Gasteiger partial charge in [0.15, 0.2) is 5.13 Å². The fourth-order valence-electron chi connectivity index (χ4n) is 3.29. The second-order valence-electron chi connectivity index (χ2n) is 7.61. The highest BCUT2D eigenvalue weighted by atomic mass is 32.1. The topological polar surface area (TPSA) is 71.1 Å². The van der Waals surface area contributed by atoms with E-state index >= 15 is 0 Å². The van der Waals surface area contributed by atoms with Gasteiger partial charge in [0.2, 0.25) is 11.8 Å². The molecule has 2 aromatic carbocycles. The minimum atomic E-state index is -0.00478. The Labute approximate surface area is 181 Å². The maximum atomic E-state index is 12.3. The standard InChI is InChI=1S/C24H29N3O2S/c1-3-7-22(28)27-24-26-20-14-12-19(16-21(20)30-24)13-15-23(29)25-17(2)10-11-18-8-5-4-6-9-18/h4-6,8-9,12,14,16-17H,3,7,10-11,13,15H2,1-2H3,(H,25,29)(H,26,27,28). The van der Waals surface area contributed by atoms with Gasteiger partial charge >= 0.3 is 0 Å². The summed E-state index contributed by atoms with van der Waals surface area (Å²) in [5, 5.41) is 6.58. The van der Waals surface area contributed by atoms with E-state index in [0.717, 1.165) is 35.0 Å². The van der Waals surface area contributed by atoms with Gasteiger partial charge in [-0.05, 0) is 55.9 Å². The number of nitrogens with zero attached hydrogens (tertiary/aromatic N) is 1. The van der Waals surface area contributed by atoms with E-state index in [1.54, 1.807) is 0 Å². The molecule has 0 saturated carbocycles. The molecule has 0 saturated heterocycles. The molecule has 0 aliphatic heterocycles. The first-order chi connectivity index (χ1) is 14.5. The number of fused-ring (bicyclic) bond motifs is 1. The van der Waals surface area contributed by atoms with Crippen molar-refractivity contribution in [2.75, 3.05) is 5.32 Å². The van der Waals surface area contributed by atoms with Gasteiger partial charge in [0.25, 0.3) is 0 Å². The Hall–Kier alpha value is -2.73. The SMILES string of the molecule is CCCC(=O)Nc1nc2ccc(CCC(=O)NC(C)CCc3ccccc3)cc2s1. The molecule has 158 valence electrons. The minimum absolute atomic E-state index is 0.00478. The Bertz CT molecular complexity index is 985. The first-order valence-electron chi connectivity index (χ1n) is 10.6. The molecule has 0 bridgehead atoms. The van der Waals surface area contributed by atoms with Crippen molar-refractivity contribution in [1.29, 1.82) is 0 Å². The zero-order valence-corrected chi connectivity index (χ0v) is 18.4. The van der Waals surface area contributed by atoms with Crippen molar-refractivity contribution in [3.8, 4) is 0 Å². The number of anilines is 1. The number of thiazole rings is 1. The number of carbonyl (C=O) groups excluding carboxylic acids is 2. The lowest BCUT2D eigenvalue weighted by molar-refractivity contribution is -0.121. The Kier molecular flexibility index (Phi) is 7.97. The molecule has 0 aliphatic rings. The van der Waals surface area contributed by atoms with Gasteiger partial charge in [0.1, 0.15) is 0 Å². The van der Waals surface area contributed by atoms with Gasteiger partial charge in [-0.3, -0.25) is 9.59 Å². The zero-order chi connectivity index (χ0) is 21.3. The molecule has 5 nitrogen and oxygen atoms in total. The Morgan fingerprint density at radius 1 is 1.00 bits per heavy atom. The summed E-state index contributed by atoms with van der Waals surface area (Å²) >= 11 is 1.47. The summed E-state index contributed by atoms with van der Waals surface area (Å²) in [6.45, 7) is 4.03.